The van der Waals surface area contributed by atoms with Crippen LogP contribution in [0.2, 0.25) is 0 Å². The van der Waals surface area contributed by atoms with Gasteiger partial charge >= 0.3 is 46.3 Å². The van der Waals surface area contributed by atoms with Gasteiger partial charge in [-0.05, 0) is 11.2 Å². The molecule has 0 fully saturated rings. The maximum absolute atomic E-state index is 8.89. The molecule has 0 amide bonds. The van der Waals surface area contributed by atoms with Crippen molar-refractivity contribution in [2.75, 3.05) is 0 Å². The minimum Gasteiger partial charge on any atom is -0.780 e. The molecule has 0 aliphatic heterocycles. The van der Waals surface area contributed by atoms with E-state index >= 15 is 0 Å². The van der Waals surface area contributed by atoms with Crippen LogP contribution in [0.3, 0.4) is 0 Å². The second-order valence-electron chi connectivity index (χ2n) is 0.680. The Bertz CT molecular complexity index is 163. The maximum atomic E-state index is 8.89. The summed E-state index contributed by atoms with van der Waals surface area (Å²) in [5, 5.41) is 0. The molecule has 0 heterocycles. The van der Waals surface area contributed by atoms with E-state index in [-0.39, 0.29) is 58.9 Å². The number of carbonyl (C=O) groups is 2. The molecule has 0 rings (SSSR count). The zero-order chi connectivity index (χ0) is 7.91. The van der Waals surface area contributed by atoms with Crippen molar-refractivity contribution >= 4 is 32.8 Å². The summed E-state index contributed by atoms with van der Waals surface area (Å²) in [6.45, 7) is 0. The molecule has 0 aliphatic rings. The molecule has 5 nitrogen and oxygen atoms in total. The van der Waals surface area contributed by atoms with E-state index < -0.39 is 9.05 Å². The monoisotopic (exact) mass is 252 g/mol. The van der Waals surface area contributed by atoms with Gasteiger partial charge in [0.05, 0.1) is 0 Å². The van der Waals surface area contributed by atoms with E-state index in [1.54, 1.807) is 0 Å². The third kappa shape index (κ3) is 204. The normalized spacial score (nSPS) is 7.09. The quantitative estimate of drug-likeness (QED) is 0.264. The Hall–Kier alpha value is 1.14. The fraction of sp³-hybridized carbons (Fsp3) is 0. The molecule has 0 aromatic heterocycles. The SMILES string of the molecule is O=CC=O.O=S([O-])([O-])=S.[Co+2].[Na+]. The van der Waals surface area contributed by atoms with Crippen molar-refractivity contribution in [2.45, 2.75) is 0 Å². The number of hydrogen-bond acceptors (Lipinski definition) is 6. The molecular formula is C2H2CoNaO5S2+. The molecule has 0 atom stereocenters. The van der Waals surface area contributed by atoms with Crippen LogP contribution in [-0.4, -0.2) is 25.9 Å². The summed E-state index contributed by atoms with van der Waals surface area (Å²) in [4.78, 5) is 17.6. The van der Waals surface area contributed by atoms with Crippen LogP contribution in [0.1, 0.15) is 0 Å². The molecule has 0 saturated carbocycles. The van der Waals surface area contributed by atoms with Gasteiger partial charge in [-0.3, -0.25) is 13.8 Å². The van der Waals surface area contributed by atoms with Crippen LogP contribution in [0.15, 0.2) is 0 Å². The van der Waals surface area contributed by atoms with Gasteiger partial charge < -0.3 is 9.11 Å². The van der Waals surface area contributed by atoms with E-state index in [0.717, 1.165) is 0 Å². The standard InChI is InChI=1S/C2H2O2.Co.Na.H2O3S2/c3-1-2-4;;;1-5(2,3)4/h1-2H;;;(H2,1,2,3,4)/q;+2;+1;/p-2. The molecule has 0 saturated heterocycles. The molecule has 9 heteroatoms. The molecule has 0 N–H and O–H groups in total. The van der Waals surface area contributed by atoms with Crippen LogP contribution in [-0.2, 0) is 46.6 Å². The second-order valence-corrected chi connectivity index (χ2v) is 2.72. The fourth-order valence-corrected chi connectivity index (χ4v) is 0. The zero-order valence-corrected chi connectivity index (χ0v) is 10.0. The number of hydrogen-bond donors (Lipinski definition) is 0. The predicted octanol–water partition coefficient (Wildman–Crippen LogP) is -4.62. The third-order valence-electron chi connectivity index (χ3n) is 0.0556. The summed E-state index contributed by atoms with van der Waals surface area (Å²) < 4.78 is 26.7. The van der Waals surface area contributed by atoms with Gasteiger partial charge in [0.1, 0.15) is 0 Å². The fourth-order valence-electron chi connectivity index (χ4n) is 0. The molecule has 0 bridgehead atoms. The molecule has 0 unspecified atom stereocenters. The molecule has 0 aromatic rings. The van der Waals surface area contributed by atoms with Gasteiger partial charge in [-0.15, -0.1) is 9.05 Å². The first-order valence-electron chi connectivity index (χ1n) is 1.47. The van der Waals surface area contributed by atoms with Crippen molar-refractivity contribution in [3.8, 4) is 0 Å². The summed E-state index contributed by atoms with van der Waals surface area (Å²) >= 11 is 3.24. The second kappa shape index (κ2) is 13.7. The zero-order valence-electron chi connectivity index (χ0n) is 5.35. The number of rotatable bonds is 1. The molecular weight excluding hydrogens is 250 g/mol. The Morgan fingerprint density at radius 1 is 1.18 bits per heavy atom. The summed E-state index contributed by atoms with van der Waals surface area (Å²) in [6, 6.07) is 0. The maximum Gasteiger partial charge on any atom is 2.00 e. The van der Waals surface area contributed by atoms with Gasteiger partial charge in [0.15, 0.2) is 12.6 Å². The number of carbonyl (C=O) groups excluding carboxylic acids is 2. The van der Waals surface area contributed by atoms with Gasteiger partial charge in [-0.2, -0.15) is 0 Å². The summed E-state index contributed by atoms with van der Waals surface area (Å²) in [5.41, 5.74) is 0. The smallest absolute Gasteiger partial charge is 0.780 e. The first-order valence-corrected chi connectivity index (χ1v) is 3.80. The van der Waals surface area contributed by atoms with E-state index in [0.29, 0.717) is 0 Å². The van der Waals surface area contributed by atoms with Gasteiger partial charge in [0, 0.05) is 0 Å². The Kier molecular flexibility index (Phi) is 28.3. The Labute approximate surface area is 101 Å². The summed E-state index contributed by atoms with van der Waals surface area (Å²) in [6.07, 6.45) is 0.389. The van der Waals surface area contributed by atoms with E-state index in [1.165, 1.54) is 0 Å². The van der Waals surface area contributed by atoms with Crippen molar-refractivity contribution in [1.82, 2.24) is 0 Å². The Morgan fingerprint density at radius 3 is 1.27 bits per heavy atom. The van der Waals surface area contributed by atoms with Crippen molar-refractivity contribution in [2.24, 2.45) is 0 Å². The average Bonchev–Trinajstić information content (AvgIpc) is 1.61. The van der Waals surface area contributed by atoms with E-state index in [1.807, 2.05) is 0 Å². The van der Waals surface area contributed by atoms with Gasteiger partial charge in [-0.25, -0.2) is 0 Å². The van der Waals surface area contributed by atoms with Crippen LogP contribution in [0.4, 0.5) is 0 Å². The molecule has 61 valence electrons. The largest absolute Gasteiger partial charge is 2.00 e. The van der Waals surface area contributed by atoms with Crippen LogP contribution >= 0.6 is 0 Å². The van der Waals surface area contributed by atoms with Crippen molar-refractivity contribution in [3.05, 3.63) is 0 Å². The van der Waals surface area contributed by atoms with Gasteiger partial charge in [0.2, 0.25) is 0 Å². The predicted molar refractivity (Wildman–Crippen MR) is 29.2 cm³/mol. The van der Waals surface area contributed by atoms with Crippen LogP contribution < -0.4 is 29.6 Å². The molecule has 0 aliphatic carbocycles. The van der Waals surface area contributed by atoms with Crippen LogP contribution in [0, 0.1) is 0 Å². The Balaban J connectivity index is -0.0000000383. The topological polar surface area (TPSA) is 97.3 Å². The van der Waals surface area contributed by atoms with Gasteiger partial charge in [0.25, 0.3) is 0 Å². The average molecular weight is 252 g/mol. The minimum absolute atomic E-state index is 0. The Morgan fingerprint density at radius 2 is 1.27 bits per heavy atom. The summed E-state index contributed by atoms with van der Waals surface area (Å²) in [7, 11) is -4.33. The van der Waals surface area contributed by atoms with Gasteiger partial charge in [-0.1, -0.05) is 0 Å². The molecule has 1 radical (unpaired) electrons. The van der Waals surface area contributed by atoms with Crippen molar-refractivity contribution in [1.29, 1.82) is 0 Å². The van der Waals surface area contributed by atoms with Crippen molar-refractivity contribution in [3.63, 3.8) is 0 Å². The third-order valence-corrected chi connectivity index (χ3v) is 0.0556. The first-order chi connectivity index (χ1) is 3.91. The van der Waals surface area contributed by atoms with E-state index in [4.69, 9.17) is 22.9 Å². The minimum atomic E-state index is -4.33. The number of aldehydes is 2. The summed E-state index contributed by atoms with van der Waals surface area (Å²) in [5.74, 6) is 0. The molecule has 0 aromatic carbocycles. The van der Waals surface area contributed by atoms with Crippen molar-refractivity contribution < 1.29 is 69.2 Å². The van der Waals surface area contributed by atoms with Crippen LogP contribution in [0.25, 0.3) is 0 Å². The first kappa shape index (κ1) is 22.7. The van der Waals surface area contributed by atoms with Crippen LogP contribution in [0.5, 0.6) is 0 Å². The van der Waals surface area contributed by atoms with E-state index in [2.05, 4.69) is 11.2 Å². The molecule has 0 spiro atoms. The molecule has 11 heavy (non-hydrogen) atoms. The van der Waals surface area contributed by atoms with E-state index in [9.17, 15) is 0 Å².